The second kappa shape index (κ2) is 11.5. The van der Waals surface area contributed by atoms with E-state index in [0.29, 0.717) is 24.1 Å². The van der Waals surface area contributed by atoms with Gasteiger partial charge in [0.2, 0.25) is 5.95 Å². The zero-order chi connectivity index (χ0) is 25.6. The molecule has 2 aliphatic rings. The first-order valence-corrected chi connectivity index (χ1v) is 13.2. The minimum absolute atomic E-state index is 0.111. The molecule has 5 rings (SSSR count). The second-order valence-electron chi connectivity index (χ2n) is 10.1. The zero-order valence-electron chi connectivity index (χ0n) is 21.0. The molecule has 1 unspecified atom stereocenters. The van der Waals surface area contributed by atoms with Gasteiger partial charge in [0.25, 0.3) is 0 Å². The SMILES string of the molecule is N#CCC(C1CCCC1)n1cc(-c2ccnc(Nc3ccc(C(N)=NC4CCC(O)CC4)cc3)n2)cn1. The molecule has 1 aromatic carbocycles. The van der Waals surface area contributed by atoms with Crippen LogP contribution in [0, 0.1) is 17.2 Å². The van der Waals surface area contributed by atoms with Crippen LogP contribution < -0.4 is 11.1 Å². The Bertz CT molecular complexity index is 1250. The molecule has 0 bridgehead atoms. The molecular weight excluding hydrogens is 464 g/mol. The number of aliphatic hydroxyl groups excluding tert-OH is 1. The van der Waals surface area contributed by atoms with E-state index in [1.54, 1.807) is 6.20 Å². The van der Waals surface area contributed by atoms with E-state index in [-0.39, 0.29) is 18.2 Å². The second-order valence-corrected chi connectivity index (χ2v) is 10.1. The van der Waals surface area contributed by atoms with Crippen molar-refractivity contribution >= 4 is 17.5 Å². The number of nitrogens with zero attached hydrogens (tertiary/aromatic N) is 6. The number of aromatic nitrogens is 4. The van der Waals surface area contributed by atoms with Gasteiger partial charge in [0, 0.05) is 29.2 Å². The van der Waals surface area contributed by atoms with Gasteiger partial charge < -0.3 is 16.2 Å². The van der Waals surface area contributed by atoms with Crippen LogP contribution in [0.1, 0.15) is 69.4 Å². The maximum atomic E-state index is 9.68. The summed E-state index contributed by atoms with van der Waals surface area (Å²) in [5.74, 6) is 1.52. The summed E-state index contributed by atoms with van der Waals surface area (Å²) < 4.78 is 1.95. The molecule has 2 aromatic heterocycles. The van der Waals surface area contributed by atoms with Crippen LogP contribution in [-0.4, -0.2) is 42.8 Å². The van der Waals surface area contributed by atoms with Crippen LogP contribution in [0.4, 0.5) is 11.6 Å². The molecule has 0 amide bonds. The minimum atomic E-state index is -0.202. The first-order chi connectivity index (χ1) is 18.1. The van der Waals surface area contributed by atoms with Crippen molar-refractivity contribution in [1.29, 1.82) is 5.26 Å². The summed E-state index contributed by atoms with van der Waals surface area (Å²) in [6.07, 6.45) is 13.9. The summed E-state index contributed by atoms with van der Waals surface area (Å²) in [4.78, 5) is 13.7. The number of nitriles is 1. The fourth-order valence-electron chi connectivity index (χ4n) is 5.46. The van der Waals surface area contributed by atoms with Gasteiger partial charge in [-0.3, -0.25) is 9.67 Å². The number of rotatable bonds is 8. The van der Waals surface area contributed by atoms with Gasteiger partial charge in [-0.1, -0.05) is 12.8 Å². The Balaban J connectivity index is 1.25. The van der Waals surface area contributed by atoms with E-state index in [9.17, 15) is 10.4 Å². The van der Waals surface area contributed by atoms with E-state index in [2.05, 4.69) is 31.4 Å². The predicted octanol–water partition coefficient (Wildman–Crippen LogP) is 4.74. The van der Waals surface area contributed by atoms with Crippen molar-refractivity contribution in [3.05, 3.63) is 54.5 Å². The van der Waals surface area contributed by atoms with E-state index >= 15 is 0 Å². The van der Waals surface area contributed by atoms with Crippen molar-refractivity contribution in [1.82, 2.24) is 19.7 Å². The molecule has 0 aliphatic heterocycles. The number of aliphatic hydroxyl groups is 1. The van der Waals surface area contributed by atoms with E-state index < -0.39 is 0 Å². The Morgan fingerprint density at radius 2 is 1.89 bits per heavy atom. The van der Waals surface area contributed by atoms with Crippen molar-refractivity contribution in [3.63, 3.8) is 0 Å². The molecular formula is C28H34N8O. The predicted molar refractivity (Wildman–Crippen MR) is 143 cm³/mol. The Hall–Kier alpha value is -3.77. The highest BCUT2D eigenvalue weighted by atomic mass is 16.3. The Kier molecular flexibility index (Phi) is 7.76. The number of amidine groups is 1. The number of nitrogens with two attached hydrogens (primary N) is 1. The summed E-state index contributed by atoms with van der Waals surface area (Å²) in [6.45, 7) is 0. The molecule has 2 aliphatic carbocycles. The highest BCUT2D eigenvalue weighted by Gasteiger charge is 2.27. The van der Waals surface area contributed by atoms with Crippen LogP contribution in [0.3, 0.4) is 0 Å². The molecule has 9 nitrogen and oxygen atoms in total. The number of hydrogen-bond acceptors (Lipinski definition) is 7. The number of anilines is 2. The standard InChI is InChI=1S/C28H34N8O/c29-15-13-26(19-3-1-2-4-19)36-18-21(17-32-36)25-14-16-31-28(35-25)34-23-7-5-20(6-8-23)27(30)33-22-9-11-24(37)12-10-22/h5-8,14,16-19,22,24,26,37H,1-4,9-13H2,(H2,30,33)(H,31,34,35). The molecule has 37 heavy (non-hydrogen) atoms. The molecule has 0 radical (unpaired) electrons. The van der Waals surface area contributed by atoms with E-state index in [1.165, 1.54) is 12.8 Å². The van der Waals surface area contributed by atoms with Crippen molar-refractivity contribution < 1.29 is 5.11 Å². The molecule has 3 aromatic rings. The van der Waals surface area contributed by atoms with E-state index in [4.69, 9.17) is 5.73 Å². The van der Waals surface area contributed by atoms with Crippen molar-refractivity contribution in [2.45, 2.75) is 76.0 Å². The van der Waals surface area contributed by atoms with Gasteiger partial charge in [0.05, 0.1) is 42.6 Å². The summed E-state index contributed by atoms with van der Waals surface area (Å²) in [5.41, 5.74) is 9.64. The fraction of sp³-hybridized carbons (Fsp3) is 0.464. The van der Waals surface area contributed by atoms with Gasteiger partial charge in [-0.15, -0.1) is 0 Å². The van der Waals surface area contributed by atoms with E-state index in [1.807, 2.05) is 47.4 Å². The van der Waals surface area contributed by atoms with Gasteiger partial charge in [-0.05, 0) is 74.8 Å². The molecule has 0 spiro atoms. The summed E-state index contributed by atoms with van der Waals surface area (Å²) in [6, 6.07) is 12.2. The molecule has 2 saturated carbocycles. The van der Waals surface area contributed by atoms with Crippen molar-refractivity contribution in [2.75, 3.05) is 5.32 Å². The largest absolute Gasteiger partial charge is 0.393 e. The number of benzene rings is 1. The van der Waals surface area contributed by atoms with Crippen LogP contribution in [0.25, 0.3) is 11.3 Å². The lowest BCUT2D eigenvalue weighted by atomic mass is 9.93. The number of nitrogens with one attached hydrogen (secondary N) is 1. The topological polar surface area (TPSA) is 138 Å². The van der Waals surface area contributed by atoms with E-state index in [0.717, 1.165) is 61.0 Å². The summed E-state index contributed by atoms with van der Waals surface area (Å²) in [7, 11) is 0. The van der Waals surface area contributed by atoms with Crippen LogP contribution >= 0.6 is 0 Å². The average Bonchev–Trinajstić information content (AvgIpc) is 3.62. The lowest BCUT2D eigenvalue weighted by Crippen LogP contribution is -2.24. The van der Waals surface area contributed by atoms with Gasteiger partial charge >= 0.3 is 0 Å². The summed E-state index contributed by atoms with van der Waals surface area (Å²) in [5, 5.41) is 26.9. The third-order valence-electron chi connectivity index (χ3n) is 7.56. The highest BCUT2D eigenvalue weighted by Crippen LogP contribution is 2.36. The quantitative estimate of drug-likeness (QED) is 0.301. The van der Waals surface area contributed by atoms with Crippen LogP contribution in [0.15, 0.2) is 53.9 Å². The smallest absolute Gasteiger partial charge is 0.227 e. The van der Waals surface area contributed by atoms with Crippen molar-refractivity contribution in [3.8, 4) is 17.3 Å². The van der Waals surface area contributed by atoms with Gasteiger partial charge in [0.15, 0.2) is 0 Å². The molecule has 9 heteroatoms. The van der Waals surface area contributed by atoms with Gasteiger partial charge in [0.1, 0.15) is 5.84 Å². The maximum absolute atomic E-state index is 9.68. The minimum Gasteiger partial charge on any atom is -0.393 e. The fourth-order valence-corrected chi connectivity index (χ4v) is 5.46. The lowest BCUT2D eigenvalue weighted by Gasteiger charge is -2.22. The molecule has 192 valence electrons. The summed E-state index contributed by atoms with van der Waals surface area (Å²) >= 11 is 0. The van der Waals surface area contributed by atoms with Crippen LogP contribution in [0.5, 0.6) is 0 Å². The number of hydrogen-bond donors (Lipinski definition) is 3. The molecule has 2 heterocycles. The Labute approximate surface area is 217 Å². The van der Waals surface area contributed by atoms with Crippen molar-refractivity contribution in [2.24, 2.45) is 16.6 Å². The highest BCUT2D eigenvalue weighted by molar-refractivity contribution is 5.97. The Morgan fingerprint density at radius 1 is 1.14 bits per heavy atom. The lowest BCUT2D eigenvalue weighted by molar-refractivity contribution is 0.123. The third-order valence-corrected chi connectivity index (χ3v) is 7.56. The number of aliphatic imine (C=N–C) groups is 1. The average molecular weight is 499 g/mol. The first-order valence-electron chi connectivity index (χ1n) is 13.2. The molecule has 2 fully saturated rings. The van der Waals surface area contributed by atoms with Crippen LogP contribution in [-0.2, 0) is 0 Å². The zero-order valence-corrected chi connectivity index (χ0v) is 21.0. The molecule has 1 atom stereocenters. The third kappa shape index (κ3) is 6.15. The van der Waals surface area contributed by atoms with Gasteiger partial charge in [-0.2, -0.15) is 10.4 Å². The molecule has 4 N–H and O–H groups in total. The van der Waals surface area contributed by atoms with Gasteiger partial charge in [-0.25, -0.2) is 9.97 Å². The maximum Gasteiger partial charge on any atom is 0.227 e. The monoisotopic (exact) mass is 498 g/mol. The Morgan fingerprint density at radius 3 is 2.62 bits per heavy atom. The normalized spacial score (nSPS) is 21.5. The first kappa shape index (κ1) is 24.9. The van der Waals surface area contributed by atoms with Crippen LogP contribution in [0.2, 0.25) is 0 Å². The molecule has 0 saturated heterocycles.